The second kappa shape index (κ2) is 9.05. The van der Waals surface area contributed by atoms with Gasteiger partial charge in [0.2, 0.25) is 0 Å². The Morgan fingerprint density at radius 2 is 1.80 bits per heavy atom. The highest BCUT2D eigenvalue weighted by atomic mass is 35.5. The molecular formula is C15H14Cl2FN5O2. The average molecular weight is 386 g/mol. The van der Waals surface area contributed by atoms with Crippen molar-refractivity contribution in [1.29, 1.82) is 0 Å². The number of hydrogen-bond donors (Lipinski definition) is 4. The average Bonchev–Trinajstić information content (AvgIpc) is 2.58. The zero-order chi connectivity index (χ0) is 18.2. The van der Waals surface area contributed by atoms with Crippen molar-refractivity contribution in [2.45, 2.75) is 0 Å². The fourth-order valence-corrected chi connectivity index (χ4v) is 2.18. The Hall–Kier alpha value is -2.58. The van der Waals surface area contributed by atoms with Crippen LogP contribution in [0.3, 0.4) is 0 Å². The molecule has 1 aromatic heterocycles. The molecule has 132 valence electrons. The third-order valence-electron chi connectivity index (χ3n) is 2.91. The van der Waals surface area contributed by atoms with Gasteiger partial charge in [-0.3, -0.25) is 10.2 Å². The second-order valence-electron chi connectivity index (χ2n) is 4.75. The molecular weight excluding hydrogens is 372 g/mol. The third-order valence-corrected chi connectivity index (χ3v) is 3.40. The van der Waals surface area contributed by atoms with Gasteiger partial charge >= 0.3 is 6.03 Å². The van der Waals surface area contributed by atoms with Gasteiger partial charge < -0.3 is 10.6 Å². The molecule has 0 radical (unpaired) electrons. The molecule has 0 unspecified atom stereocenters. The Balaban J connectivity index is 1.67. The lowest BCUT2D eigenvalue weighted by atomic mass is 10.2. The van der Waals surface area contributed by atoms with Gasteiger partial charge in [0.1, 0.15) is 11.6 Å². The molecule has 2 aromatic rings. The molecule has 0 spiro atoms. The number of hydrazine groups is 1. The minimum Gasteiger partial charge on any atom is -0.367 e. The lowest BCUT2D eigenvalue weighted by molar-refractivity contribution is 0.0936. The molecule has 0 aliphatic rings. The SMILES string of the molecule is O=C(NCCNc1ncc(Cl)cc1Cl)NNC(=O)c1ccc(F)cc1. The number of hydrogen-bond acceptors (Lipinski definition) is 4. The van der Waals surface area contributed by atoms with Gasteiger partial charge in [-0.1, -0.05) is 23.2 Å². The van der Waals surface area contributed by atoms with Crippen molar-refractivity contribution in [2.24, 2.45) is 0 Å². The molecule has 0 aliphatic carbocycles. The molecule has 1 heterocycles. The van der Waals surface area contributed by atoms with Crippen molar-refractivity contribution in [1.82, 2.24) is 21.2 Å². The topological polar surface area (TPSA) is 95.2 Å². The van der Waals surface area contributed by atoms with Crippen molar-refractivity contribution in [3.63, 3.8) is 0 Å². The van der Waals surface area contributed by atoms with Gasteiger partial charge in [0.25, 0.3) is 5.91 Å². The first kappa shape index (κ1) is 18.8. The maximum atomic E-state index is 12.8. The van der Waals surface area contributed by atoms with Gasteiger partial charge in [0, 0.05) is 24.8 Å². The molecule has 2 rings (SSSR count). The Labute approximate surface area is 152 Å². The van der Waals surface area contributed by atoms with Crippen LogP contribution < -0.4 is 21.5 Å². The van der Waals surface area contributed by atoms with Crippen LogP contribution >= 0.6 is 23.2 Å². The van der Waals surface area contributed by atoms with E-state index in [1.165, 1.54) is 18.3 Å². The smallest absolute Gasteiger partial charge is 0.333 e. The van der Waals surface area contributed by atoms with Gasteiger partial charge in [-0.25, -0.2) is 19.6 Å². The number of carbonyl (C=O) groups excluding carboxylic acids is 2. The van der Waals surface area contributed by atoms with Crippen LogP contribution in [0.5, 0.6) is 0 Å². The molecule has 1 aromatic carbocycles. The summed E-state index contributed by atoms with van der Waals surface area (Å²) in [6.45, 7) is 0.604. The van der Waals surface area contributed by atoms with Gasteiger partial charge in [-0.05, 0) is 30.3 Å². The highest BCUT2D eigenvalue weighted by Crippen LogP contribution is 2.21. The summed E-state index contributed by atoms with van der Waals surface area (Å²) in [5.74, 6) is -0.576. The van der Waals surface area contributed by atoms with E-state index in [1.807, 2.05) is 0 Å². The van der Waals surface area contributed by atoms with Crippen LogP contribution in [0.15, 0.2) is 36.5 Å². The van der Waals surface area contributed by atoms with E-state index < -0.39 is 17.8 Å². The zero-order valence-electron chi connectivity index (χ0n) is 12.8. The number of halogens is 3. The Kier molecular flexibility index (Phi) is 6.79. The standard InChI is InChI=1S/C15H14Cl2FN5O2/c16-10-7-12(17)13(21-8-10)19-5-6-20-15(25)23-22-14(24)9-1-3-11(18)4-2-9/h1-4,7-8H,5-6H2,(H,19,21)(H,22,24)(H2,20,23,25). The summed E-state index contributed by atoms with van der Waals surface area (Å²) in [6.07, 6.45) is 1.45. The number of amides is 3. The number of nitrogens with one attached hydrogen (secondary N) is 4. The largest absolute Gasteiger partial charge is 0.367 e. The van der Waals surface area contributed by atoms with Crippen LogP contribution in [-0.2, 0) is 0 Å². The Bertz CT molecular complexity index is 758. The molecule has 10 heteroatoms. The Morgan fingerprint density at radius 3 is 2.48 bits per heavy atom. The number of rotatable bonds is 5. The van der Waals surface area contributed by atoms with E-state index in [1.54, 1.807) is 6.07 Å². The lowest BCUT2D eigenvalue weighted by Crippen LogP contribution is -2.47. The van der Waals surface area contributed by atoms with E-state index in [2.05, 4.69) is 26.5 Å². The molecule has 25 heavy (non-hydrogen) atoms. The summed E-state index contributed by atoms with van der Waals surface area (Å²) in [7, 11) is 0. The van der Waals surface area contributed by atoms with E-state index in [0.717, 1.165) is 12.1 Å². The first-order valence-corrected chi connectivity index (χ1v) is 7.86. The van der Waals surface area contributed by atoms with Crippen molar-refractivity contribution in [3.8, 4) is 0 Å². The Morgan fingerprint density at radius 1 is 1.08 bits per heavy atom. The quantitative estimate of drug-likeness (QED) is 0.469. The second-order valence-corrected chi connectivity index (χ2v) is 5.60. The molecule has 4 N–H and O–H groups in total. The predicted molar refractivity (Wildman–Crippen MR) is 93.1 cm³/mol. The molecule has 0 fully saturated rings. The molecule has 7 nitrogen and oxygen atoms in total. The highest BCUT2D eigenvalue weighted by Gasteiger charge is 2.07. The molecule has 0 bridgehead atoms. The van der Waals surface area contributed by atoms with Crippen LogP contribution in [0.1, 0.15) is 10.4 Å². The number of benzene rings is 1. The lowest BCUT2D eigenvalue weighted by Gasteiger charge is -2.10. The van der Waals surface area contributed by atoms with Gasteiger partial charge in [0.15, 0.2) is 0 Å². The molecule has 0 saturated heterocycles. The molecule has 0 aliphatic heterocycles. The van der Waals surface area contributed by atoms with E-state index in [4.69, 9.17) is 23.2 Å². The molecule has 3 amide bonds. The van der Waals surface area contributed by atoms with Crippen molar-refractivity contribution in [3.05, 3.63) is 58.0 Å². The fraction of sp³-hybridized carbons (Fsp3) is 0.133. The summed E-state index contributed by atoms with van der Waals surface area (Å²) in [6, 6.07) is 5.84. The molecule has 0 saturated carbocycles. The maximum Gasteiger partial charge on any atom is 0.333 e. The summed E-state index contributed by atoms with van der Waals surface area (Å²) in [5, 5.41) is 6.23. The predicted octanol–water partition coefficient (Wildman–Crippen LogP) is 2.58. The van der Waals surface area contributed by atoms with E-state index in [9.17, 15) is 14.0 Å². The normalized spacial score (nSPS) is 10.0. The van der Waals surface area contributed by atoms with E-state index >= 15 is 0 Å². The van der Waals surface area contributed by atoms with Gasteiger partial charge in [0.05, 0.1) is 10.0 Å². The number of aromatic nitrogens is 1. The monoisotopic (exact) mass is 385 g/mol. The van der Waals surface area contributed by atoms with Crippen LogP contribution in [0.2, 0.25) is 10.0 Å². The van der Waals surface area contributed by atoms with Crippen molar-refractivity contribution in [2.75, 3.05) is 18.4 Å². The number of urea groups is 1. The highest BCUT2D eigenvalue weighted by molar-refractivity contribution is 6.35. The minimum atomic E-state index is -0.604. The number of anilines is 1. The van der Waals surface area contributed by atoms with Gasteiger partial charge in [-0.2, -0.15) is 0 Å². The van der Waals surface area contributed by atoms with Crippen LogP contribution in [-0.4, -0.2) is 30.0 Å². The first-order chi connectivity index (χ1) is 12.0. The van der Waals surface area contributed by atoms with Crippen LogP contribution in [0, 0.1) is 5.82 Å². The first-order valence-electron chi connectivity index (χ1n) is 7.10. The third kappa shape index (κ3) is 6.09. The summed E-state index contributed by atoms with van der Waals surface area (Å²) in [5.41, 5.74) is 4.60. The number of nitrogens with zero attached hydrogens (tertiary/aromatic N) is 1. The van der Waals surface area contributed by atoms with Crippen LogP contribution in [0.4, 0.5) is 15.0 Å². The summed E-state index contributed by atoms with van der Waals surface area (Å²) in [4.78, 5) is 27.3. The minimum absolute atomic E-state index is 0.215. The molecule has 0 atom stereocenters. The van der Waals surface area contributed by atoms with E-state index in [-0.39, 0.29) is 12.1 Å². The maximum absolute atomic E-state index is 12.8. The summed E-state index contributed by atoms with van der Waals surface area (Å²) >= 11 is 11.7. The zero-order valence-corrected chi connectivity index (χ0v) is 14.3. The number of carbonyl (C=O) groups is 2. The number of pyridine rings is 1. The summed E-state index contributed by atoms with van der Waals surface area (Å²) < 4.78 is 12.8. The van der Waals surface area contributed by atoms with Crippen molar-refractivity contribution >= 4 is 41.0 Å². The van der Waals surface area contributed by atoms with Gasteiger partial charge in [-0.15, -0.1) is 0 Å². The van der Waals surface area contributed by atoms with E-state index in [0.29, 0.717) is 22.4 Å². The van der Waals surface area contributed by atoms with Crippen LogP contribution in [0.25, 0.3) is 0 Å². The fourth-order valence-electron chi connectivity index (χ4n) is 1.73. The van der Waals surface area contributed by atoms with Crippen molar-refractivity contribution < 1.29 is 14.0 Å².